The van der Waals surface area contributed by atoms with E-state index >= 15 is 0 Å². The van der Waals surface area contributed by atoms with Crippen LogP contribution in [0, 0.1) is 6.92 Å². The molecule has 0 N–H and O–H groups in total. The zero-order valence-corrected chi connectivity index (χ0v) is 23.4. The Labute approximate surface area is 227 Å². The smallest absolute Gasteiger partial charge is 0.213 e. The molecule has 2 aliphatic rings. The Morgan fingerprint density at radius 3 is 2.21 bits per heavy atom. The predicted octanol–water partition coefficient (Wildman–Crippen LogP) is 7.34. The van der Waals surface area contributed by atoms with Crippen LogP contribution in [0.3, 0.4) is 0 Å². The monoisotopic (exact) mass is 508 g/mol. The highest BCUT2D eigenvalue weighted by Gasteiger charge is 2.41. The molecule has 38 heavy (non-hydrogen) atoms. The van der Waals surface area contributed by atoms with Crippen LogP contribution >= 0.6 is 0 Å². The molecule has 0 radical (unpaired) electrons. The second-order valence-electron chi connectivity index (χ2n) is 10.8. The lowest BCUT2D eigenvalue weighted by atomic mass is 9.78. The molecule has 0 bridgehead atoms. The van der Waals surface area contributed by atoms with Gasteiger partial charge >= 0.3 is 0 Å². The maximum atomic E-state index is 13.9. The zero-order valence-electron chi connectivity index (χ0n) is 23.4. The number of aromatic nitrogens is 1. The predicted molar refractivity (Wildman–Crippen MR) is 156 cm³/mol. The molecule has 1 aliphatic heterocycles. The first-order valence-electron chi connectivity index (χ1n) is 14.5. The summed E-state index contributed by atoms with van der Waals surface area (Å²) in [6.45, 7) is 10.4. The third kappa shape index (κ3) is 4.34. The van der Waals surface area contributed by atoms with Gasteiger partial charge in [0, 0.05) is 59.3 Å². The van der Waals surface area contributed by atoms with Crippen LogP contribution in [-0.4, -0.2) is 27.2 Å². The number of aryl methyl sites for hydroxylation is 1. The highest BCUT2D eigenvalue weighted by molar-refractivity contribution is 6.46. The summed E-state index contributed by atoms with van der Waals surface area (Å²) in [6.07, 6.45) is 9.41. The minimum absolute atomic E-state index is 0.107. The van der Waals surface area contributed by atoms with Gasteiger partial charge in [0.25, 0.3) is 0 Å². The molecule has 198 valence electrons. The van der Waals surface area contributed by atoms with Gasteiger partial charge < -0.3 is 9.67 Å². The van der Waals surface area contributed by atoms with Crippen LogP contribution in [0.15, 0.2) is 59.9 Å². The number of allylic oxidation sites excluding steroid dienone is 3. The molecule has 4 heteroatoms. The van der Waals surface area contributed by atoms with Crippen LogP contribution in [-0.2, 0) is 11.3 Å². The van der Waals surface area contributed by atoms with E-state index in [1.54, 1.807) is 0 Å². The fourth-order valence-corrected chi connectivity index (χ4v) is 6.31. The first kappa shape index (κ1) is 26.2. The van der Waals surface area contributed by atoms with E-state index in [9.17, 15) is 9.90 Å². The molecule has 0 atom stereocenters. The minimum Gasteiger partial charge on any atom is -0.871 e. The third-order valence-electron chi connectivity index (χ3n) is 8.34. The van der Waals surface area contributed by atoms with E-state index in [2.05, 4.69) is 61.1 Å². The Kier molecular flexibility index (Phi) is 7.69. The lowest BCUT2D eigenvalue weighted by Gasteiger charge is -2.32. The molecule has 1 aliphatic carbocycles. The molecule has 0 amide bonds. The number of fused-ring (bicyclic) bond motifs is 2. The Hall–Kier alpha value is -3.40. The van der Waals surface area contributed by atoms with Crippen LogP contribution in [0.2, 0.25) is 0 Å². The molecule has 2 aromatic carbocycles. The van der Waals surface area contributed by atoms with Gasteiger partial charge in [0.15, 0.2) is 11.5 Å². The number of para-hydroxylation sites is 2. The number of Topliss-reactive ketones (excluding diaryl/α,β-unsaturated/α-hetero) is 1. The van der Waals surface area contributed by atoms with Gasteiger partial charge in [0.1, 0.15) is 6.54 Å². The van der Waals surface area contributed by atoms with E-state index in [0.29, 0.717) is 11.1 Å². The maximum absolute atomic E-state index is 13.9. The molecule has 0 unspecified atom stereocenters. The maximum Gasteiger partial charge on any atom is 0.213 e. The average Bonchev–Trinajstić information content (AvgIpc) is 3.35. The molecule has 0 saturated carbocycles. The fraction of sp³-hybridized carbons (Fsp3) is 0.412. The number of hydrogen-bond donors (Lipinski definition) is 0. The van der Waals surface area contributed by atoms with Crippen molar-refractivity contribution in [1.29, 1.82) is 0 Å². The molecule has 5 rings (SSSR count). The number of rotatable bonds is 11. The summed E-state index contributed by atoms with van der Waals surface area (Å²) < 4.78 is 4.61. The van der Waals surface area contributed by atoms with Gasteiger partial charge in [-0.1, -0.05) is 82.0 Å². The number of hydrogen-bond acceptors (Lipinski definition) is 2. The van der Waals surface area contributed by atoms with E-state index in [0.717, 1.165) is 70.6 Å². The van der Waals surface area contributed by atoms with Crippen LogP contribution in [0.4, 0.5) is 5.69 Å². The van der Waals surface area contributed by atoms with Crippen molar-refractivity contribution in [3.63, 3.8) is 0 Å². The van der Waals surface area contributed by atoms with Gasteiger partial charge in [-0.05, 0) is 31.9 Å². The summed E-state index contributed by atoms with van der Waals surface area (Å²) in [5.41, 5.74) is 7.65. The second kappa shape index (κ2) is 11.1. The first-order chi connectivity index (χ1) is 18.5. The Morgan fingerprint density at radius 1 is 0.789 bits per heavy atom. The van der Waals surface area contributed by atoms with Gasteiger partial charge in [-0.25, -0.2) is 0 Å². The van der Waals surface area contributed by atoms with Crippen molar-refractivity contribution in [2.75, 3.05) is 6.54 Å². The van der Waals surface area contributed by atoms with Crippen molar-refractivity contribution >= 4 is 39.2 Å². The second-order valence-corrected chi connectivity index (χ2v) is 10.8. The van der Waals surface area contributed by atoms with Crippen molar-refractivity contribution in [1.82, 2.24) is 4.57 Å². The van der Waals surface area contributed by atoms with Crippen molar-refractivity contribution < 1.29 is 14.5 Å². The summed E-state index contributed by atoms with van der Waals surface area (Å²) in [4.78, 5) is 13.9. The summed E-state index contributed by atoms with van der Waals surface area (Å²) >= 11 is 0. The lowest BCUT2D eigenvalue weighted by molar-refractivity contribution is -0.438. The molecular weight excluding hydrogens is 468 g/mol. The number of unbranched alkanes of at least 4 members (excludes halogenated alkanes) is 6. The molecule has 0 spiro atoms. The summed E-state index contributed by atoms with van der Waals surface area (Å²) in [7, 11) is 0. The summed E-state index contributed by atoms with van der Waals surface area (Å²) in [6, 6.07) is 16.4. The first-order valence-corrected chi connectivity index (χ1v) is 14.5. The molecule has 3 aromatic rings. The van der Waals surface area contributed by atoms with Crippen LogP contribution in [0.1, 0.15) is 89.0 Å². The van der Waals surface area contributed by atoms with E-state index in [-0.39, 0.29) is 11.5 Å². The molecule has 0 saturated heterocycles. The third-order valence-corrected chi connectivity index (χ3v) is 8.34. The zero-order chi connectivity index (χ0) is 26.8. The molecule has 2 heterocycles. The molecule has 0 fully saturated rings. The fourth-order valence-electron chi connectivity index (χ4n) is 6.31. The summed E-state index contributed by atoms with van der Waals surface area (Å²) in [5.74, 6) is -0.215. The van der Waals surface area contributed by atoms with Gasteiger partial charge in [-0.2, -0.15) is 4.58 Å². The van der Waals surface area contributed by atoms with Crippen LogP contribution < -0.4 is 5.11 Å². The topological polar surface area (TPSA) is 48.1 Å². The van der Waals surface area contributed by atoms with Crippen molar-refractivity contribution in [3.05, 3.63) is 76.7 Å². The number of nitrogens with zero attached hydrogens (tertiary/aromatic N) is 2. The van der Waals surface area contributed by atoms with Crippen molar-refractivity contribution in [2.45, 2.75) is 85.6 Å². The highest BCUT2D eigenvalue weighted by atomic mass is 16.3. The Balaban J connectivity index is 1.58. The molecule has 4 nitrogen and oxygen atoms in total. The van der Waals surface area contributed by atoms with Gasteiger partial charge in [-0.3, -0.25) is 4.79 Å². The quantitative estimate of drug-likeness (QED) is 0.155. The number of benzene rings is 2. The van der Waals surface area contributed by atoms with Crippen molar-refractivity contribution in [2.24, 2.45) is 0 Å². The van der Waals surface area contributed by atoms with Gasteiger partial charge in [0.05, 0.1) is 11.1 Å². The molecule has 1 aromatic heterocycles. The van der Waals surface area contributed by atoms with Crippen molar-refractivity contribution in [3.8, 4) is 0 Å². The van der Waals surface area contributed by atoms with E-state index in [1.807, 2.05) is 24.3 Å². The van der Waals surface area contributed by atoms with E-state index < -0.39 is 0 Å². The largest absolute Gasteiger partial charge is 0.871 e. The van der Waals surface area contributed by atoms with Gasteiger partial charge in [0.2, 0.25) is 5.69 Å². The number of carbonyl (C=O) groups excluding carboxylic acids is 1. The Bertz CT molecular complexity index is 1480. The minimum atomic E-state index is -0.107. The highest BCUT2D eigenvalue weighted by Crippen LogP contribution is 2.46. The van der Waals surface area contributed by atoms with E-state index in [4.69, 9.17) is 0 Å². The van der Waals surface area contributed by atoms with E-state index in [1.165, 1.54) is 38.5 Å². The normalized spacial score (nSPS) is 17.1. The van der Waals surface area contributed by atoms with Gasteiger partial charge in [-0.15, -0.1) is 0 Å². The van der Waals surface area contributed by atoms with Crippen LogP contribution in [0.25, 0.3) is 22.0 Å². The lowest BCUT2D eigenvalue weighted by Crippen LogP contribution is -2.31. The average molecular weight is 509 g/mol. The Morgan fingerprint density at radius 2 is 1.47 bits per heavy atom. The van der Waals surface area contributed by atoms with Crippen LogP contribution in [0.5, 0.6) is 0 Å². The molecular formula is C34H40N2O2. The summed E-state index contributed by atoms with van der Waals surface area (Å²) in [5, 5.41) is 14.9. The number of ketones is 1. The number of carbonyl (C=O) groups is 1. The SMILES string of the molecule is CCCCCCn1c(C)c(C2=C([O-])C(=C3C(C)=[N+](CCCCCC)c4ccccc43)C2=O)c2ccccc21. The standard InChI is InChI=1S/C34H40N2O2/c1-5-7-9-15-21-35-23(3)29(25-17-11-13-19-27(25)35)31-33(37)32(34(31)38)30-24(4)36(22-16-10-8-6-2)28-20-14-12-18-26(28)30/h11-14,17-20H,5-10,15-16,21-22H2,1-4H3.